The standard InChI is InChI=1S/C20H23N3O3S/c1-13(2)26-17-12-8-6-10-15(17)18(24)22-20(27)21-16-11-7-5-9-14(16)19(25)23(3)4/h5-13H,1-4H3,(H2,21,22,24,27). The number of benzene rings is 2. The lowest BCUT2D eigenvalue weighted by Gasteiger charge is -2.17. The second-order valence-electron chi connectivity index (χ2n) is 6.32. The Morgan fingerprint density at radius 2 is 1.59 bits per heavy atom. The Hall–Kier alpha value is -2.93. The molecule has 2 amide bonds. The van der Waals surface area contributed by atoms with Crippen molar-refractivity contribution in [3.05, 3.63) is 59.7 Å². The lowest BCUT2D eigenvalue weighted by Crippen LogP contribution is -2.35. The van der Waals surface area contributed by atoms with Gasteiger partial charge in [0.1, 0.15) is 5.75 Å². The van der Waals surface area contributed by atoms with Crippen LogP contribution >= 0.6 is 12.2 Å². The highest BCUT2D eigenvalue weighted by molar-refractivity contribution is 7.80. The maximum Gasteiger partial charge on any atom is 0.261 e. The van der Waals surface area contributed by atoms with E-state index >= 15 is 0 Å². The molecule has 0 aliphatic carbocycles. The van der Waals surface area contributed by atoms with E-state index in [4.69, 9.17) is 17.0 Å². The minimum atomic E-state index is -0.389. The SMILES string of the molecule is CC(C)Oc1ccccc1C(=O)NC(=S)Nc1ccccc1C(=O)N(C)C. The first-order valence-corrected chi connectivity index (χ1v) is 8.89. The number of rotatable bonds is 5. The van der Waals surface area contributed by atoms with Crippen LogP contribution in [0, 0.1) is 0 Å². The number of carbonyl (C=O) groups is 2. The van der Waals surface area contributed by atoms with Gasteiger partial charge in [-0.3, -0.25) is 14.9 Å². The molecule has 2 aromatic rings. The van der Waals surface area contributed by atoms with Crippen LogP contribution in [0.1, 0.15) is 34.6 Å². The molecular formula is C20H23N3O3S. The van der Waals surface area contributed by atoms with Crippen LogP contribution in [-0.4, -0.2) is 42.0 Å². The second kappa shape index (κ2) is 9.14. The van der Waals surface area contributed by atoms with E-state index in [0.29, 0.717) is 22.6 Å². The average molecular weight is 385 g/mol. The van der Waals surface area contributed by atoms with Crippen LogP contribution in [0.15, 0.2) is 48.5 Å². The van der Waals surface area contributed by atoms with E-state index in [0.717, 1.165) is 0 Å². The van der Waals surface area contributed by atoms with Crippen LogP contribution in [0.25, 0.3) is 0 Å². The molecule has 0 heterocycles. The van der Waals surface area contributed by atoms with Crippen molar-refractivity contribution in [1.29, 1.82) is 0 Å². The van der Waals surface area contributed by atoms with Gasteiger partial charge in [-0.05, 0) is 50.3 Å². The zero-order valence-corrected chi connectivity index (χ0v) is 16.6. The molecule has 0 saturated heterocycles. The minimum Gasteiger partial charge on any atom is -0.490 e. The molecule has 2 rings (SSSR count). The molecule has 0 saturated carbocycles. The summed E-state index contributed by atoms with van der Waals surface area (Å²) in [5.74, 6) is -0.0703. The van der Waals surface area contributed by atoms with Crippen LogP contribution in [0.4, 0.5) is 5.69 Å². The van der Waals surface area contributed by atoms with Crippen LogP contribution < -0.4 is 15.4 Å². The molecule has 2 N–H and O–H groups in total. The third kappa shape index (κ3) is 5.52. The fourth-order valence-corrected chi connectivity index (χ4v) is 2.56. The minimum absolute atomic E-state index is 0.0621. The Balaban J connectivity index is 2.14. The van der Waals surface area contributed by atoms with Gasteiger partial charge in [0.2, 0.25) is 0 Å². The van der Waals surface area contributed by atoms with E-state index in [2.05, 4.69) is 10.6 Å². The smallest absolute Gasteiger partial charge is 0.261 e. The average Bonchev–Trinajstić information content (AvgIpc) is 2.61. The van der Waals surface area contributed by atoms with Gasteiger partial charge in [0, 0.05) is 14.1 Å². The van der Waals surface area contributed by atoms with Gasteiger partial charge in [0.25, 0.3) is 11.8 Å². The predicted molar refractivity (Wildman–Crippen MR) is 110 cm³/mol. The maximum absolute atomic E-state index is 12.6. The number of amides is 2. The van der Waals surface area contributed by atoms with E-state index in [1.54, 1.807) is 62.6 Å². The lowest BCUT2D eigenvalue weighted by atomic mass is 10.1. The Morgan fingerprint density at radius 1 is 1.00 bits per heavy atom. The molecule has 0 radical (unpaired) electrons. The highest BCUT2D eigenvalue weighted by Gasteiger charge is 2.17. The summed E-state index contributed by atoms with van der Waals surface area (Å²) in [4.78, 5) is 26.3. The lowest BCUT2D eigenvalue weighted by molar-refractivity contribution is 0.0828. The number of hydrogen-bond acceptors (Lipinski definition) is 4. The Morgan fingerprint density at radius 3 is 2.22 bits per heavy atom. The molecule has 0 bridgehead atoms. The van der Waals surface area contributed by atoms with Gasteiger partial charge in [-0.2, -0.15) is 0 Å². The van der Waals surface area contributed by atoms with Crippen molar-refractivity contribution >= 4 is 34.8 Å². The molecule has 2 aromatic carbocycles. The van der Waals surface area contributed by atoms with E-state index in [-0.39, 0.29) is 23.0 Å². The quantitative estimate of drug-likeness (QED) is 0.773. The molecule has 27 heavy (non-hydrogen) atoms. The molecule has 0 spiro atoms. The Bertz CT molecular complexity index is 850. The van der Waals surface area contributed by atoms with Gasteiger partial charge in [-0.15, -0.1) is 0 Å². The van der Waals surface area contributed by atoms with Gasteiger partial charge in [-0.1, -0.05) is 24.3 Å². The van der Waals surface area contributed by atoms with Gasteiger partial charge < -0.3 is 15.0 Å². The largest absolute Gasteiger partial charge is 0.490 e. The number of thiocarbonyl (C=S) groups is 1. The fraction of sp³-hybridized carbons (Fsp3) is 0.250. The summed E-state index contributed by atoms with van der Waals surface area (Å²) in [6, 6.07) is 13.9. The summed E-state index contributed by atoms with van der Waals surface area (Å²) < 4.78 is 5.67. The summed E-state index contributed by atoms with van der Waals surface area (Å²) >= 11 is 5.25. The fourth-order valence-electron chi connectivity index (χ4n) is 2.35. The van der Waals surface area contributed by atoms with E-state index in [1.807, 2.05) is 13.8 Å². The maximum atomic E-state index is 12.6. The van der Waals surface area contributed by atoms with E-state index in [9.17, 15) is 9.59 Å². The Labute approximate surface area is 164 Å². The first-order chi connectivity index (χ1) is 12.8. The van der Waals surface area contributed by atoms with Crippen molar-refractivity contribution in [2.75, 3.05) is 19.4 Å². The normalized spacial score (nSPS) is 10.3. The van der Waals surface area contributed by atoms with Crippen molar-refractivity contribution in [2.24, 2.45) is 0 Å². The summed E-state index contributed by atoms with van der Waals surface area (Å²) in [5.41, 5.74) is 1.36. The van der Waals surface area contributed by atoms with Gasteiger partial charge in [-0.25, -0.2) is 0 Å². The number of carbonyl (C=O) groups excluding carboxylic acids is 2. The summed E-state index contributed by atoms with van der Waals surface area (Å²) in [6.07, 6.45) is -0.0621. The highest BCUT2D eigenvalue weighted by Crippen LogP contribution is 2.20. The molecule has 0 unspecified atom stereocenters. The summed E-state index contributed by atoms with van der Waals surface area (Å²) in [5, 5.41) is 5.64. The van der Waals surface area contributed by atoms with Crippen LogP contribution in [0.2, 0.25) is 0 Å². The summed E-state index contributed by atoms with van der Waals surface area (Å²) in [7, 11) is 3.34. The van der Waals surface area contributed by atoms with Gasteiger partial charge >= 0.3 is 0 Å². The van der Waals surface area contributed by atoms with Crippen molar-refractivity contribution in [3.8, 4) is 5.75 Å². The molecule has 0 fully saturated rings. The zero-order chi connectivity index (χ0) is 20.0. The Kier molecular flexibility index (Phi) is 6.90. The number of anilines is 1. The molecular weight excluding hydrogens is 362 g/mol. The highest BCUT2D eigenvalue weighted by atomic mass is 32.1. The number of nitrogens with one attached hydrogen (secondary N) is 2. The topological polar surface area (TPSA) is 70.7 Å². The molecule has 0 aromatic heterocycles. The zero-order valence-electron chi connectivity index (χ0n) is 15.8. The number of ether oxygens (including phenoxy) is 1. The number of hydrogen-bond donors (Lipinski definition) is 2. The van der Waals surface area contributed by atoms with Crippen molar-refractivity contribution < 1.29 is 14.3 Å². The molecule has 0 atom stereocenters. The monoisotopic (exact) mass is 385 g/mol. The van der Waals surface area contributed by atoms with Crippen molar-refractivity contribution in [1.82, 2.24) is 10.2 Å². The van der Waals surface area contributed by atoms with Crippen molar-refractivity contribution in [2.45, 2.75) is 20.0 Å². The molecule has 0 aliphatic heterocycles. The molecule has 0 aliphatic rings. The van der Waals surface area contributed by atoms with Gasteiger partial charge in [0.15, 0.2) is 5.11 Å². The third-order valence-electron chi connectivity index (χ3n) is 3.53. The van der Waals surface area contributed by atoms with E-state index < -0.39 is 0 Å². The second-order valence-corrected chi connectivity index (χ2v) is 6.72. The van der Waals surface area contributed by atoms with Crippen LogP contribution in [0.5, 0.6) is 5.75 Å². The molecule has 6 nitrogen and oxygen atoms in total. The van der Waals surface area contributed by atoms with Crippen LogP contribution in [0.3, 0.4) is 0 Å². The molecule has 7 heteroatoms. The van der Waals surface area contributed by atoms with E-state index in [1.165, 1.54) is 4.90 Å². The number of para-hydroxylation sites is 2. The first kappa shape index (κ1) is 20.4. The third-order valence-corrected chi connectivity index (χ3v) is 3.74. The summed E-state index contributed by atoms with van der Waals surface area (Å²) in [6.45, 7) is 3.78. The molecule has 142 valence electrons. The van der Waals surface area contributed by atoms with Gasteiger partial charge in [0.05, 0.1) is 22.9 Å². The van der Waals surface area contributed by atoms with Crippen molar-refractivity contribution in [3.63, 3.8) is 0 Å². The number of nitrogens with zero attached hydrogens (tertiary/aromatic N) is 1. The first-order valence-electron chi connectivity index (χ1n) is 8.48. The van der Waals surface area contributed by atoms with Crippen LogP contribution in [-0.2, 0) is 0 Å². The predicted octanol–water partition coefficient (Wildman–Crippen LogP) is 3.30.